The highest BCUT2D eigenvalue weighted by molar-refractivity contribution is 8.00. The molecule has 4 aromatic rings. The Morgan fingerprint density at radius 2 is 1.71 bits per heavy atom. The Bertz CT molecular complexity index is 2510. The largest absolute Gasteiger partial charge is 0.508 e. The van der Waals surface area contributed by atoms with Gasteiger partial charge in [-0.25, -0.2) is 9.37 Å². The highest BCUT2D eigenvalue weighted by atomic mass is 32.2. The summed E-state index contributed by atoms with van der Waals surface area (Å²) in [6, 6.07) is 11.8. The fraction of sp³-hybridized carbons (Fsp3) is 0.349. The molecule has 3 saturated heterocycles. The Morgan fingerprint density at radius 3 is 2.45 bits per heavy atom. The van der Waals surface area contributed by atoms with Crippen molar-refractivity contribution in [2.24, 2.45) is 0 Å². The molecular weight excluding hydrogens is 840 g/mol. The number of amides is 7. The number of nitrogens with zero attached hydrogens (tertiary/aromatic N) is 6. The molecule has 16 nitrogen and oxygen atoms in total. The van der Waals surface area contributed by atoms with Crippen LogP contribution in [0, 0.1) is 5.82 Å². The number of nitrogens with one attached hydrogen (secondary N) is 2. The highest BCUT2D eigenvalue weighted by Gasteiger charge is 2.46. The van der Waals surface area contributed by atoms with Crippen LogP contribution < -0.4 is 15.5 Å². The number of phenols is 1. The van der Waals surface area contributed by atoms with E-state index in [0.29, 0.717) is 47.8 Å². The number of anilines is 2. The summed E-state index contributed by atoms with van der Waals surface area (Å²) in [5.41, 5.74) is 2.36. The summed E-state index contributed by atoms with van der Waals surface area (Å²) < 4.78 is 14.4. The number of hydrogen-bond donors (Lipinski definition) is 3. The first-order valence-electron chi connectivity index (χ1n) is 20.3. The third kappa shape index (κ3) is 7.79. The van der Waals surface area contributed by atoms with Crippen LogP contribution in [0.25, 0.3) is 0 Å². The zero-order valence-electron chi connectivity index (χ0n) is 33.3. The van der Waals surface area contributed by atoms with E-state index in [9.17, 15) is 43.1 Å². The maximum Gasteiger partial charge on any atom is 0.263 e. The minimum Gasteiger partial charge on any atom is -0.508 e. The Kier molecular flexibility index (Phi) is 11.3. The standard InChI is InChI=1S/C43H41FN8O8S2/c44-25-5-8-32(53)30(20-25)37(39(57)47-43-45-12-19-61-43)51-22-24-4-6-27(21-29(24)40(51)58)48-13-10-26(11-14-48)49-15-17-50(18-16-49)35(55)23-62-33-3-1-2-28-36(33)42(60)52(41(28)59)31-7-9-34(54)46-38(31)56/h1-6,8,12,19-21,26,31,37,53H,7,9-11,13-18,22-23H2,(H,45,47,57)(H,46,54,56). The molecule has 7 amide bonds. The van der Waals surface area contributed by atoms with E-state index < -0.39 is 53.3 Å². The molecular formula is C43H41FN8O8S2. The first kappa shape index (κ1) is 41.2. The fourth-order valence-electron chi connectivity index (χ4n) is 9.03. The van der Waals surface area contributed by atoms with Crippen molar-refractivity contribution < 1.29 is 43.1 Å². The molecule has 1 aromatic heterocycles. The first-order valence-corrected chi connectivity index (χ1v) is 22.2. The molecule has 5 aliphatic heterocycles. The summed E-state index contributed by atoms with van der Waals surface area (Å²) in [5, 5.41) is 17.6. The number of fused-ring (bicyclic) bond motifs is 2. The van der Waals surface area contributed by atoms with Gasteiger partial charge in [0.1, 0.15) is 23.7 Å². The predicted molar refractivity (Wildman–Crippen MR) is 225 cm³/mol. The van der Waals surface area contributed by atoms with Gasteiger partial charge in [0.15, 0.2) is 5.13 Å². The number of carbonyl (C=O) groups excluding carboxylic acids is 7. The second-order valence-corrected chi connectivity index (χ2v) is 17.7. The lowest BCUT2D eigenvalue weighted by atomic mass is 10.0. The van der Waals surface area contributed by atoms with Crippen LogP contribution in [0.4, 0.5) is 15.2 Å². The number of piperidine rings is 2. The summed E-state index contributed by atoms with van der Waals surface area (Å²) in [6.07, 6.45) is 3.37. The van der Waals surface area contributed by atoms with Gasteiger partial charge >= 0.3 is 0 Å². The van der Waals surface area contributed by atoms with Crippen LogP contribution in [0.1, 0.15) is 73.9 Å². The minimum absolute atomic E-state index is 0.0281. The monoisotopic (exact) mass is 880 g/mol. The van der Waals surface area contributed by atoms with Crippen molar-refractivity contribution in [3.8, 4) is 5.75 Å². The van der Waals surface area contributed by atoms with Gasteiger partial charge in [0.2, 0.25) is 17.7 Å². The van der Waals surface area contributed by atoms with Gasteiger partial charge in [-0.05, 0) is 67.3 Å². The fourth-order valence-corrected chi connectivity index (χ4v) is 10.5. The van der Waals surface area contributed by atoms with Crippen molar-refractivity contribution in [2.45, 2.75) is 55.2 Å². The molecule has 0 bridgehead atoms. The molecule has 6 heterocycles. The molecule has 3 fully saturated rings. The molecule has 3 N–H and O–H groups in total. The number of thioether (sulfide) groups is 1. The van der Waals surface area contributed by atoms with Crippen molar-refractivity contribution >= 4 is 75.3 Å². The molecule has 19 heteroatoms. The van der Waals surface area contributed by atoms with E-state index in [1.54, 1.807) is 17.5 Å². The van der Waals surface area contributed by atoms with Gasteiger partial charge in [-0.15, -0.1) is 23.1 Å². The highest BCUT2D eigenvalue weighted by Crippen LogP contribution is 2.39. The number of halogens is 1. The topological polar surface area (TPSA) is 193 Å². The molecule has 0 radical (unpaired) electrons. The van der Waals surface area contributed by atoms with Crippen LogP contribution in [-0.4, -0.2) is 128 Å². The van der Waals surface area contributed by atoms with Crippen LogP contribution in [0.3, 0.4) is 0 Å². The van der Waals surface area contributed by atoms with Crippen LogP contribution in [0.15, 0.2) is 71.1 Å². The molecule has 3 aromatic carbocycles. The van der Waals surface area contributed by atoms with Gasteiger partial charge in [0.05, 0.1) is 16.9 Å². The first-order chi connectivity index (χ1) is 29.9. The molecule has 0 aliphatic carbocycles. The zero-order valence-corrected chi connectivity index (χ0v) is 34.9. The van der Waals surface area contributed by atoms with E-state index in [1.165, 1.54) is 46.3 Å². The Morgan fingerprint density at radius 1 is 0.919 bits per heavy atom. The number of benzene rings is 3. The molecule has 5 aliphatic rings. The predicted octanol–water partition coefficient (Wildman–Crippen LogP) is 3.63. The van der Waals surface area contributed by atoms with Crippen molar-refractivity contribution in [1.29, 1.82) is 0 Å². The number of rotatable bonds is 10. The number of imide groups is 2. The lowest BCUT2D eigenvalue weighted by Crippen LogP contribution is -2.54. The third-order valence-electron chi connectivity index (χ3n) is 12.2. The van der Waals surface area contributed by atoms with Crippen molar-refractivity contribution in [1.82, 2.24) is 29.9 Å². The summed E-state index contributed by atoms with van der Waals surface area (Å²) in [7, 11) is 0. The van der Waals surface area contributed by atoms with Crippen LogP contribution in [0.2, 0.25) is 0 Å². The SMILES string of the molecule is O=C1CCC(N2C(=O)c3cccc(SCC(=O)N4CCN(C5CCN(c6ccc7c(c6)C(=O)N(C(C(=O)Nc6nccs6)c6cc(F)ccc6O)C7)CC5)CC4)c3C2=O)C(=O)N1. The van der Waals surface area contributed by atoms with E-state index in [0.717, 1.165) is 54.2 Å². The van der Waals surface area contributed by atoms with Gasteiger partial charge in [0, 0.05) is 91.6 Å². The minimum atomic E-state index is -1.31. The lowest BCUT2D eigenvalue weighted by Gasteiger charge is -2.43. The number of carbonyl (C=O) groups is 7. The zero-order chi connectivity index (χ0) is 43.2. The second kappa shape index (κ2) is 16.9. The molecule has 0 saturated carbocycles. The number of aromatic hydroxyl groups is 1. The van der Waals surface area contributed by atoms with Crippen molar-refractivity contribution in [2.75, 3.05) is 55.2 Å². The van der Waals surface area contributed by atoms with Crippen LogP contribution >= 0.6 is 23.1 Å². The second-order valence-electron chi connectivity index (χ2n) is 15.8. The number of phenolic OH excluding ortho intramolecular Hbond substituents is 1. The third-order valence-corrected chi connectivity index (χ3v) is 14.0. The molecule has 2 atom stereocenters. The van der Waals surface area contributed by atoms with E-state index >= 15 is 0 Å². The summed E-state index contributed by atoms with van der Waals surface area (Å²) in [4.78, 5) is 105. The van der Waals surface area contributed by atoms with Gasteiger partial charge < -0.3 is 19.8 Å². The normalized spacial score (nSPS) is 20.1. The Hall–Kier alpha value is -6.18. The summed E-state index contributed by atoms with van der Waals surface area (Å²) in [6.45, 7) is 4.09. The summed E-state index contributed by atoms with van der Waals surface area (Å²) in [5.74, 6) is -4.31. The Labute approximate surface area is 363 Å². The number of hydrogen-bond acceptors (Lipinski definition) is 13. The van der Waals surface area contributed by atoms with Gasteiger partial charge in [0.25, 0.3) is 23.6 Å². The molecule has 320 valence electrons. The maximum absolute atomic E-state index is 14.4. The van der Waals surface area contributed by atoms with Crippen LogP contribution in [0.5, 0.6) is 5.75 Å². The number of piperazine rings is 1. The van der Waals surface area contributed by atoms with Crippen molar-refractivity contribution in [3.63, 3.8) is 0 Å². The molecule has 0 spiro atoms. The lowest BCUT2D eigenvalue weighted by molar-refractivity contribution is -0.136. The summed E-state index contributed by atoms with van der Waals surface area (Å²) >= 11 is 2.39. The molecule has 2 unspecified atom stereocenters. The van der Waals surface area contributed by atoms with E-state index in [1.807, 2.05) is 23.1 Å². The van der Waals surface area contributed by atoms with Gasteiger partial charge in [-0.2, -0.15) is 0 Å². The van der Waals surface area contributed by atoms with Gasteiger partial charge in [-0.3, -0.25) is 54.0 Å². The number of thiazole rings is 1. The van der Waals surface area contributed by atoms with E-state index in [4.69, 9.17) is 0 Å². The van der Waals surface area contributed by atoms with E-state index in [-0.39, 0.29) is 53.5 Å². The van der Waals surface area contributed by atoms with Crippen molar-refractivity contribution in [3.05, 3.63) is 99.8 Å². The number of aromatic nitrogens is 1. The Balaban J connectivity index is 0.781. The quantitative estimate of drug-likeness (QED) is 0.155. The van der Waals surface area contributed by atoms with Gasteiger partial charge in [-0.1, -0.05) is 12.1 Å². The average Bonchev–Trinajstić information content (AvgIpc) is 3.97. The van der Waals surface area contributed by atoms with Crippen LogP contribution in [-0.2, 0) is 25.7 Å². The smallest absolute Gasteiger partial charge is 0.263 e. The molecule has 9 rings (SSSR count). The van der Waals surface area contributed by atoms with E-state index in [2.05, 4.69) is 25.4 Å². The average molecular weight is 881 g/mol. The maximum atomic E-state index is 14.4. The molecule has 62 heavy (non-hydrogen) atoms.